The third-order valence-corrected chi connectivity index (χ3v) is 6.07. The van der Waals surface area contributed by atoms with Crippen molar-refractivity contribution in [1.29, 1.82) is 0 Å². The number of ketones is 1. The van der Waals surface area contributed by atoms with Crippen molar-refractivity contribution in [3.8, 4) is 5.75 Å². The van der Waals surface area contributed by atoms with E-state index in [4.69, 9.17) is 4.74 Å². The SMILES string of the molecule is CCN(CC)CCOc1cc(C(=O)c2cccn2Cc2cnc3ccccc3c2)ccc1C. The zero-order valence-electron chi connectivity index (χ0n) is 19.6. The number of para-hydroxylation sites is 1. The van der Waals surface area contributed by atoms with Gasteiger partial charge in [0.2, 0.25) is 5.78 Å². The molecular formula is C28H31N3O2. The maximum Gasteiger partial charge on any atom is 0.209 e. The molecule has 2 heterocycles. The van der Waals surface area contributed by atoms with Crippen molar-refractivity contribution in [1.82, 2.24) is 14.5 Å². The summed E-state index contributed by atoms with van der Waals surface area (Å²) in [6, 6.07) is 19.7. The Bertz CT molecular complexity index is 1240. The number of fused-ring (bicyclic) bond motifs is 1. The van der Waals surface area contributed by atoms with E-state index in [0.29, 0.717) is 24.4 Å². The Hall–Kier alpha value is -3.44. The highest BCUT2D eigenvalue weighted by atomic mass is 16.5. The molecule has 170 valence electrons. The number of nitrogens with zero attached hydrogens (tertiary/aromatic N) is 3. The minimum atomic E-state index is -0.0117. The average Bonchev–Trinajstić information content (AvgIpc) is 3.30. The first-order valence-electron chi connectivity index (χ1n) is 11.6. The molecule has 33 heavy (non-hydrogen) atoms. The molecule has 0 aliphatic heterocycles. The summed E-state index contributed by atoms with van der Waals surface area (Å²) in [5, 5.41) is 1.10. The number of carbonyl (C=O) groups is 1. The summed E-state index contributed by atoms with van der Waals surface area (Å²) in [6.07, 6.45) is 3.82. The zero-order chi connectivity index (χ0) is 23.2. The first-order chi connectivity index (χ1) is 16.1. The third-order valence-electron chi connectivity index (χ3n) is 6.07. The first-order valence-corrected chi connectivity index (χ1v) is 11.6. The molecule has 0 N–H and O–H groups in total. The monoisotopic (exact) mass is 441 g/mol. The van der Waals surface area contributed by atoms with E-state index in [1.807, 2.05) is 72.4 Å². The molecule has 0 atom stereocenters. The van der Waals surface area contributed by atoms with Crippen LogP contribution in [0.15, 0.2) is 73.1 Å². The molecule has 5 nitrogen and oxygen atoms in total. The van der Waals surface area contributed by atoms with E-state index >= 15 is 0 Å². The van der Waals surface area contributed by atoms with Gasteiger partial charge in [-0.1, -0.05) is 44.2 Å². The number of benzene rings is 2. The van der Waals surface area contributed by atoms with Crippen LogP contribution in [-0.4, -0.2) is 46.5 Å². The van der Waals surface area contributed by atoms with Crippen molar-refractivity contribution in [2.75, 3.05) is 26.2 Å². The quantitative estimate of drug-likeness (QED) is 0.312. The van der Waals surface area contributed by atoms with Gasteiger partial charge < -0.3 is 14.2 Å². The molecule has 0 saturated carbocycles. The van der Waals surface area contributed by atoms with Crippen LogP contribution in [0.4, 0.5) is 0 Å². The van der Waals surface area contributed by atoms with Crippen molar-refractivity contribution in [2.24, 2.45) is 0 Å². The highest BCUT2D eigenvalue weighted by Crippen LogP contribution is 2.23. The van der Waals surface area contributed by atoms with Crippen LogP contribution in [0.3, 0.4) is 0 Å². The maximum absolute atomic E-state index is 13.4. The third kappa shape index (κ3) is 5.32. The Morgan fingerprint density at radius 1 is 1.03 bits per heavy atom. The molecule has 0 unspecified atom stereocenters. The van der Waals surface area contributed by atoms with E-state index < -0.39 is 0 Å². The lowest BCUT2D eigenvalue weighted by Crippen LogP contribution is -2.28. The van der Waals surface area contributed by atoms with Crippen molar-refractivity contribution >= 4 is 16.7 Å². The van der Waals surface area contributed by atoms with E-state index in [2.05, 4.69) is 35.9 Å². The van der Waals surface area contributed by atoms with E-state index in [0.717, 1.165) is 47.4 Å². The molecule has 0 saturated heterocycles. The normalized spacial score (nSPS) is 11.3. The Labute approximate surface area is 195 Å². The molecular weight excluding hydrogens is 410 g/mol. The lowest BCUT2D eigenvalue weighted by molar-refractivity contribution is 0.103. The van der Waals surface area contributed by atoms with E-state index in [-0.39, 0.29) is 5.78 Å². The van der Waals surface area contributed by atoms with Gasteiger partial charge >= 0.3 is 0 Å². The van der Waals surface area contributed by atoms with Gasteiger partial charge in [-0.2, -0.15) is 0 Å². The number of pyridine rings is 1. The summed E-state index contributed by atoms with van der Waals surface area (Å²) in [6.45, 7) is 10.4. The molecule has 0 bridgehead atoms. The van der Waals surface area contributed by atoms with Crippen LogP contribution >= 0.6 is 0 Å². The van der Waals surface area contributed by atoms with E-state index in [1.54, 1.807) is 0 Å². The fourth-order valence-corrected chi connectivity index (χ4v) is 4.03. The lowest BCUT2D eigenvalue weighted by Gasteiger charge is -2.19. The van der Waals surface area contributed by atoms with Gasteiger partial charge in [0.05, 0.1) is 11.2 Å². The molecule has 2 aromatic carbocycles. The van der Waals surface area contributed by atoms with Gasteiger partial charge in [0.1, 0.15) is 12.4 Å². The summed E-state index contributed by atoms with van der Waals surface area (Å²) in [5.74, 6) is 0.757. The van der Waals surface area contributed by atoms with Crippen LogP contribution in [-0.2, 0) is 6.54 Å². The topological polar surface area (TPSA) is 47.4 Å². The van der Waals surface area contributed by atoms with Crippen molar-refractivity contribution < 1.29 is 9.53 Å². The molecule has 4 rings (SSSR count). The van der Waals surface area contributed by atoms with Gasteiger partial charge in [0.25, 0.3) is 0 Å². The maximum atomic E-state index is 13.4. The van der Waals surface area contributed by atoms with Gasteiger partial charge in [-0.05, 0) is 61.5 Å². The van der Waals surface area contributed by atoms with Crippen LogP contribution in [0.25, 0.3) is 10.9 Å². The number of aryl methyl sites for hydroxylation is 1. The van der Waals surface area contributed by atoms with Crippen LogP contribution in [0.2, 0.25) is 0 Å². The fraction of sp³-hybridized carbons (Fsp3) is 0.286. The lowest BCUT2D eigenvalue weighted by atomic mass is 10.1. The van der Waals surface area contributed by atoms with Crippen molar-refractivity contribution in [3.05, 3.63) is 95.4 Å². The first kappa shape index (κ1) is 22.7. The average molecular weight is 442 g/mol. The minimum Gasteiger partial charge on any atom is -0.492 e. The minimum absolute atomic E-state index is 0.0117. The van der Waals surface area contributed by atoms with Crippen molar-refractivity contribution in [3.63, 3.8) is 0 Å². The summed E-state index contributed by atoms with van der Waals surface area (Å²) in [7, 11) is 0. The Morgan fingerprint density at radius 2 is 1.85 bits per heavy atom. The van der Waals surface area contributed by atoms with Gasteiger partial charge in [-0.25, -0.2) is 0 Å². The smallest absolute Gasteiger partial charge is 0.209 e. The molecule has 0 spiro atoms. The molecule has 0 amide bonds. The molecule has 4 aromatic rings. The second-order valence-corrected chi connectivity index (χ2v) is 8.24. The largest absolute Gasteiger partial charge is 0.492 e. The number of rotatable bonds is 10. The Balaban J connectivity index is 1.51. The molecule has 0 aliphatic carbocycles. The molecule has 5 heteroatoms. The van der Waals surface area contributed by atoms with E-state index in [1.165, 1.54) is 0 Å². The van der Waals surface area contributed by atoms with E-state index in [9.17, 15) is 4.79 Å². The second-order valence-electron chi connectivity index (χ2n) is 8.24. The fourth-order valence-electron chi connectivity index (χ4n) is 4.03. The predicted octanol–water partition coefficient (Wildman–Crippen LogP) is 5.34. The molecule has 0 radical (unpaired) electrons. The van der Waals surface area contributed by atoms with Crippen LogP contribution < -0.4 is 4.74 Å². The number of hydrogen-bond acceptors (Lipinski definition) is 4. The zero-order valence-corrected chi connectivity index (χ0v) is 19.6. The predicted molar refractivity (Wildman–Crippen MR) is 133 cm³/mol. The number of aromatic nitrogens is 2. The Kier molecular flexibility index (Phi) is 7.20. The highest BCUT2D eigenvalue weighted by molar-refractivity contribution is 6.08. The van der Waals surface area contributed by atoms with Crippen molar-refractivity contribution in [2.45, 2.75) is 27.3 Å². The van der Waals surface area contributed by atoms with Crippen LogP contribution in [0, 0.1) is 6.92 Å². The molecule has 0 fully saturated rings. The summed E-state index contributed by atoms with van der Waals surface area (Å²) < 4.78 is 8.02. The Morgan fingerprint density at radius 3 is 2.67 bits per heavy atom. The van der Waals surface area contributed by atoms with Gasteiger partial charge in [-0.3, -0.25) is 9.78 Å². The number of carbonyl (C=O) groups excluding carboxylic acids is 1. The standard InChI is InChI=1S/C28H31N3O2/c1-4-30(5-2)15-16-33-27-18-24(13-12-21(27)3)28(32)26-11-8-14-31(26)20-22-17-23-9-6-7-10-25(23)29-19-22/h6-14,17-19H,4-5,15-16,20H2,1-3H3. The number of hydrogen-bond donors (Lipinski definition) is 0. The van der Waals surface area contributed by atoms with Gasteiger partial charge in [0, 0.05) is 36.4 Å². The summed E-state index contributed by atoms with van der Waals surface area (Å²) in [5.41, 5.74) is 4.35. The van der Waals surface area contributed by atoms with Crippen LogP contribution in [0.5, 0.6) is 5.75 Å². The van der Waals surface area contributed by atoms with Gasteiger partial charge in [-0.15, -0.1) is 0 Å². The number of likely N-dealkylation sites (N-methyl/N-ethyl adjacent to an activating group) is 1. The summed E-state index contributed by atoms with van der Waals surface area (Å²) in [4.78, 5) is 20.2. The molecule has 0 aliphatic rings. The highest BCUT2D eigenvalue weighted by Gasteiger charge is 2.16. The number of ether oxygens (including phenoxy) is 1. The van der Waals surface area contributed by atoms with Gasteiger partial charge in [0.15, 0.2) is 0 Å². The molecule has 2 aromatic heterocycles. The van der Waals surface area contributed by atoms with Crippen LogP contribution in [0.1, 0.15) is 41.0 Å². The summed E-state index contributed by atoms with van der Waals surface area (Å²) >= 11 is 0. The second kappa shape index (κ2) is 10.5.